The van der Waals surface area contributed by atoms with Gasteiger partial charge in [-0.15, -0.1) is 0 Å². The number of nitrogens with zero attached hydrogens (tertiary/aromatic N) is 1. The maximum Gasteiger partial charge on any atom is 0.225 e. The van der Waals surface area contributed by atoms with E-state index in [0.717, 1.165) is 13.0 Å². The van der Waals surface area contributed by atoms with Gasteiger partial charge in [-0.05, 0) is 31.2 Å². The monoisotopic (exact) mass is 281 g/mol. The quantitative estimate of drug-likeness (QED) is 0.756. The molecule has 0 aliphatic rings. The summed E-state index contributed by atoms with van der Waals surface area (Å²) < 4.78 is 13.0. The van der Waals surface area contributed by atoms with E-state index in [2.05, 4.69) is 24.1 Å². The average molecular weight is 281 g/mol. The van der Waals surface area contributed by atoms with Crippen molar-refractivity contribution in [2.24, 2.45) is 5.92 Å². The molecule has 0 bridgehead atoms. The first-order valence-electron chi connectivity index (χ1n) is 6.95. The number of halogens is 1. The molecule has 0 aromatic heterocycles. The molecule has 0 saturated carbocycles. The zero-order valence-electron chi connectivity index (χ0n) is 12.4. The van der Waals surface area contributed by atoms with E-state index in [9.17, 15) is 9.18 Å². The van der Waals surface area contributed by atoms with Crippen LogP contribution in [-0.2, 0) is 4.79 Å². The molecule has 0 saturated heterocycles. The lowest BCUT2D eigenvalue weighted by molar-refractivity contribution is -0.116. The zero-order chi connectivity index (χ0) is 15.1. The Labute approximate surface area is 120 Å². The van der Waals surface area contributed by atoms with Crippen LogP contribution in [0.15, 0.2) is 18.2 Å². The molecule has 1 unspecified atom stereocenters. The smallest absolute Gasteiger partial charge is 0.225 e. The third kappa shape index (κ3) is 5.57. The lowest BCUT2D eigenvalue weighted by Gasteiger charge is -2.20. The third-order valence-electron chi connectivity index (χ3n) is 3.32. The Kier molecular flexibility index (Phi) is 6.45. The molecule has 0 heterocycles. The van der Waals surface area contributed by atoms with Crippen LogP contribution >= 0.6 is 0 Å². The average Bonchev–Trinajstić information content (AvgIpc) is 2.40. The normalized spacial score (nSPS) is 12.4. The van der Waals surface area contributed by atoms with Crippen molar-refractivity contribution < 1.29 is 9.18 Å². The molecule has 112 valence electrons. The van der Waals surface area contributed by atoms with Gasteiger partial charge >= 0.3 is 0 Å². The Morgan fingerprint density at radius 2 is 2.20 bits per heavy atom. The minimum atomic E-state index is -0.476. The molecule has 1 rings (SSSR count). The van der Waals surface area contributed by atoms with Crippen molar-refractivity contribution >= 4 is 17.3 Å². The topological polar surface area (TPSA) is 58.4 Å². The Morgan fingerprint density at radius 1 is 1.50 bits per heavy atom. The number of nitrogen functional groups attached to an aromatic ring is 1. The fraction of sp³-hybridized carbons (Fsp3) is 0.533. The summed E-state index contributed by atoms with van der Waals surface area (Å²) in [5, 5.41) is 2.72. The first-order chi connectivity index (χ1) is 9.42. The van der Waals surface area contributed by atoms with Crippen LogP contribution in [0.2, 0.25) is 0 Å². The Balaban J connectivity index is 2.38. The van der Waals surface area contributed by atoms with Gasteiger partial charge in [0, 0.05) is 25.2 Å². The van der Waals surface area contributed by atoms with Gasteiger partial charge in [-0.3, -0.25) is 4.79 Å². The fourth-order valence-electron chi connectivity index (χ4n) is 1.89. The molecule has 1 aromatic carbocycles. The van der Waals surface area contributed by atoms with Crippen molar-refractivity contribution in [3.05, 3.63) is 24.0 Å². The van der Waals surface area contributed by atoms with Crippen LogP contribution in [0.3, 0.4) is 0 Å². The Morgan fingerprint density at radius 3 is 2.80 bits per heavy atom. The predicted molar refractivity (Wildman–Crippen MR) is 81.0 cm³/mol. The number of anilines is 2. The van der Waals surface area contributed by atoms with Crippen molar-refractivity contribution in [3.8, 4) is 0 Å². The summed E-state index contributed by atoms with van der Waals surface area (Å²) in [5.74, 6) is 0.0586. The molecule has 0 spiro atoms. The van der Waals surface area contributed by atoms with E-state index in [1.54, 1.807) is 0 Å². The summed E-state index contributed by atoms with van der Waals surface area (Å²) >= 11 is 0. The molecular formula is C15H24FN3O. The Bertz CT molecular complexity index is 451. The maximum atomic E-state index is 13.0. The largest absolute Gasteiger partial charge is 0.396 e. The molecule has 3 N–H and O–H groups in total. The van der Waals surface area contributed by atoms with Crippen molar-refractivity contribution in [2.45, 2.75) is 26.7 Å². The SMILES string of the molecule is CCC(C)CN(C)CCC(=O)Nc1ccc(F)c(N)c1. The molecule has 1 atom stereocenters. The second-order valence-corrected chi connectivity index (χ2v) is 5.31. The van der Waals surface area contributed by atoms with E-state index in [1.165, 1.54) is 18.2 Å². The molecule has 0 aliphatic heterocycles. The number of nitrogens with one attached hydrogen (secondary N) is 1. The van der Waals surface area contributed by atoms with Gasteiger partial charge in [-0.2, -0.15) is 0 Å². The van der Waals surface area contributed by atoms with E-state index in [-0.39, 0.29) is 11.6 Å². The number of carbonyl (C=O) groups is 1. The van der Waals surface area contributed by atoms with E-state index in [1.807, 2.05) is 7.05 Å². The van der Waals surface area contributed by atoms with Crippen LogP contribution in [0.1, 0.15) is 26.7 Å². The summed E-state index contributed by atoms with van der Waals surface area (Å²) in [6.45, 7) is 6.03. The molecule has 0 aliphatic carbocycles. The highest BCUT2D eigenvalue weighted by molar-refractivity contribution is 5.91. The highest BCUT2D eigenvalue weighted by Gasteiger charge is 2.08. The molecule has 4 nitrogen and oxygen atoms in total. The molecule has 1 amide bonds. The Hall–Kier alpha value is -1.62. The van der Waals surface area contributed by atoms with Crippen LogP contribution in [0.4, 0.5) is 15.8 Å². The van der Waals surface area contributed by atoms with Gasteiger partial charge < -0.3 is 16.0 Å². The summed E-state index contributed by atoms with van der Waals surface area (Å²) in [4.78, 5) is 13.9. The van der Waals surface area contributed by atoms with E-state index in [0.29, 0.717) is 24.6 Å². The maximum absolute atomic E-state index is 13.0. The lowest BCUT2D eigenvalue weighted by atomic mass is 10.1. The summed E-state index contributed by atoms with van der Waals surface area (Å²) in [6, 6.07) is 4.18. The van der Waals surface area contributed by atoms with Gasteiger partial charge in [0.2, 0.25) is 5.91 Å². The van der Waals surface area contributed by atoms with Crippen LogP contribution in [-0.4, -0.2) is 30.9 Å². The predicted octanol–water partition coefficient (Wildman–Crippen LogP) is 2.71. The van der Waals surface area contributed by atoms with Gasteiger partial charge in [0.1, 0.15) is 5.82 Å². The van der Waals surface area contributed by atoms with Crippen LogP contribution in [0, 0.1) is 11.7 Å². The summed E-state index contributed by atoms with van der Waals surface area (Å²) in [5.41, 5.74) is 6.02. The van der Waals surface area contributed by atoms with Crippen LogP contribution in [0.5, 0.6) is 0 Å². The molecule has 5 heteroatoms. The van der Waals surface area contributed by atoms with Crippen molar-refractivity contribution in [1.29, 1.82) is 0 Å². The molecular weight excluding hydrogens is 257 g/mol. The zero-order valence-corrected chi connectivity index (χ0v) is 12.4. The van der Waals surface area contributed by atoms with Crippen LogP contribution < -0.4 is 11.1 Å². The molecule has 0 radical (unpaired) electrons. The first kappa shape index (κ1) is 16.4. The summed E-state index contributed by atoms with van der Waals surface area (Å²) in [7, 11) is 2.01. The number of rotatable bonds is 7. The number of benzene rings is 1. The minimum Gasteiger partial charge on any atom is -0.396 e. The third-order valence-corrected chi connectivity index (χ3v) is 3.32. The van der Waals surface area contributed by atoms with Crippen molar-refractivity contribution in [3.63, 3.8) is 0 Å². The van der Waals surface area contributed by atoms with Gasteiger partial charge in [-0.25, -0.2) is 4.39 Å². The lowest BCUT2D eigenvalue weighted by Crippen LogP contribution is -2.28. The highest BCUT2D eigenvalue weighted by Crippen LogP contribution is 2.16. The second kappa shape index (κ2) is 7.85. The number of carbonyl (C=O) groups excluding carboxylic acids is 1. The molecule has 0 fully saturated rings. The number of hydrogen-bond donors (Lipinski definition) is 2. The van der Waals surface area contributed by atoms with Crippen LogP contribution in [0.25, 0.3) is 0 Å². The van der Waals surface area contributed by atoms with Gasteiger partial charge in [0.15, 0.2) is 0 Å². The first-order valence-corrected chi connectivity index (χ1v) is 6.95. The molecule has 1 aromatic rings. The number of nitrogens with two attached hydrogens (primary N) is 1. The van der Waals surface area contributed by atoms with E-state index >= 15 is 0 Å². The number of hydrogen-bond acceptors (Lipinski definition) is 3. The van der Waals surface area contributed by atoms with Gasteiger partial charge in [0.05, 0.1) is 5.69 Å². The van der Waals surface area contributed by atoms with E-state index < -0.39 is 5.82 Å². The minimum absolute atomic E-state index is 0.0386. The van der Waals surface area contributed by atoms with Gasteiger partial charge in [-0.1, -0.05) is 20.3 Å². The van der Waals surface area contributed by atoms with Gasteiger partial charge in [0.25, 0.3) is 0 Å². The molecule has 20 heavy (non-hydrogen) atoms. The number of amides is 1. The standard InChI is InChI=1S/C15H24FN3O/c1-4-11(2)10-19(3)8-7-15(20)18-12-5-6-13(16)14(17)9-12/h5-6,9,11H,4,7-8,10,17H2,1-3H3,(H,18,20). The fourth-order valence-corrected chi connectivity index (χ4v) is 1.89. The highest BCUT2D eigenvalue weighted by atomic mass is 19.1. The van der Waals surface area contributed by atoms with E-state index in [4.69, 9.17) is 5.73 Å². The van der Waals surface area contributed by atoms with Crippen molar-refractivity contribution in [2.75, 3.05) is 31.2 Å². The second-order valence-electron chi connectivity index (χ2n) is 5.31. The summed E-state index contributed by atoms with van der Waals surface area (Å²) in [6.07, 6.45) is 1.54. The van der Waals surface area contributed by atoms with Crippen molar-refractivity contribution in [1.82, 2.24) is 4.90 Å².